The summed E-state index contributed by atoms with van der Waals surface area (Å²) in [7, 11) is -2.10. The fourth-order valence-corrected chi connectivity index (χ4v) is 3.43. The van der Waals surface area contributed by atoms with Gasteiger partial charge in [-0.05, 0) is 29.3 Å². The molecular weight excluding hydrogens is 390 g/mol. The molecule has 0 aliphatic carbocycles. The topological polar surface area (TPSA) is 72.9 Å². The Kier molecular flexibility index (Phi) is 7.65. The van der Waals surface area contributed by atoms with Gasteiger partial charge in [-0.2, -0.15) is 4.31 Å². The molecule has 0 atom stereocenters. The molecule has 0 amide bonds. The lowest BCUT2D eigenvalue weighted by molar-refractivity contribution is -0.139. The Morgan fingerprint density at radius 1 is 1.11 bits per heavy atom. The highest BCUT2D eigenvalue weighted by Crippen LogP contribution is 2.17. The number of benzene rings is 2. The molecule has 146 valence electrons. The highest BCUT2D eigenvalue weighted by atomic mass is 35.5. The van der Waals surface area contributed by atoms with E-state index in [1.165, 1.54) is 11.4 Å². The van der Waals surface area contributed by atoms with Crippen molar-refractivity contribution in [2.75, 3.05) is 26.5 Å². The van der Waals surface area contributed by atoms with Crippen molar-refractivity contribution in [1.29, 1.82) is 0 Å². The molecule has 0 aromatic heterocycles. The molecule has 27 heavy (non-hydrogen) atoms. The summed E-state index contributed by atoms with van der Waals surface area (Å²) in [5.74, 6) is 0.234. The number of hydrogen-bond donors (Lipinski definition) is 0. The van der Waals surface area contributed by atoms with Crippen LogP contribution in [0.3, 0.4) is 0 Å². The normalized spacial score (nSPS) is 11.4. The van der Waals surface area contributed by atoms with E-state index in [9.17, 15) is 13.2 Å². The minimum Gasteiger partial charge on any atom is -0.492 e. The van der Waals surface area contributed by atoms with Gasteiger partial charge in [-0.1, -0.05) is 41.9 Å². The average molecular weight is 412 g/mol. The molecule has 0 radical (unpaired) electrons. The van der Waals surface area contributed by atoms with E-state index in [1.54, 1.807) is 42.5 Å². The zero-order chi connectivity index (χ0) is 19.9. The smallest absolute Gasteiger partial charge is 0.309 e. The molecule has 0 saturated heterocycles. The van der Waals surface area contributed by atoms with Crippen LogP contribution in [0.1, 0.15) is 11.1 Å². The van der Waals surface area contributed by atoms with Crippen molar-refractivity contribution < 1.29 is 22.7 Å². The van der Waals surface area contributed by atoms with E-state index in [0.29, 0.717) is 10.8 Å². The van der Waals surface area contributed by atoms with Gasteiger partial charge in [0.05, 0.1) is 19.8 Å². The van der Waals surface area contributed by atoms with Crippen molar-refractivity contribution in [3.63, 3.8) is 0 Å². The molecule has 0 saturated carbocycles. The predicted octanol–water partition coefficient (Wildman–Crippen LogP) is 2.90. The third-order valence-electron chi connectivity index (χ3n) is 3.80. The number of rotatable bonds is 9. The summed E-state index contributed by atoms with van der Waals surface area (Å²) in [5, 5.41) is 0.551. The molecule has 0 N–H and O–H groups in total. The second-order valence-corrected chi connectivity index (χ2v) is 8.39. The molecule has 0 aliphatic heterocycles. The molecule has 0 bridgehead atoms. The van der Waals surface area contributed by atoms with Gasteiger partial charge in [0, 0.05) is 18.1 Å². The summed E-state index contributed by atoms with van der Waals surface area (Å²) in [6.45, 7) is 0.564. The summed E-state index contributed by atoms with van der Waals surface area (Å²) in [6.07, 6.45) is 1.30. The molecule has 0 heterocycles. The summed E-state index contributed by atoms with van der Waals surface area (Å²) < 4.78 is 35.8. The quantitative estimate of drug-likeness (QED) is 0.593. The fraction of sp³-hybridized carbons (Fsp3) is 0.316. The first kappa shape index (κ1) is 21.2. The molecule has 0 unspecified atom stereocenters. The summed E-state index contributed by atoms with van der Waals surface area (Å²) in [4.78, 5) is 11.4. The molecule has 0 spiro atoms. The number of nitrogens with zero attached hydrogens (tertiary/aromatic N) is 1. The van der Waals surface area contributed by atoms with E-state index < -0.39 is 10.0 Å². The molecule has 0 fully saturated rings. The maximum Gasteiger partial charge on any atom is 0.309 e. The number of ether oxygens (including phenoxy) is 2. The third kappa shape index (κ3) is 7.21. The van der Waals surface area contributed by atoms with E-state index >= 15 is 0 Å². The van der Waals surface area contributed by atoms with Gasteiger partial charge in [0.15, 0.2) is 0 Å². The first-order valence-corrected chi connectivity index (χ1v) is 10.5. The van der Waals surface area contributed by atoms with Crippen LogP contribution in [0.15, 0.2) is 48.5 Å². The number of esters is 1. The van der Waals surface area contributed by atoms with E-state index in [0.717, 1.165) is 17.4 Å². The lowest BCUT2D eigenvalue weighted by Crippen LogP contribution is -2.33. The second kappa shape index (κ2) is 9.73. The Bertz CT molecular complexity index is 885. The van der Waals surface area contributed by atoms with Gasteiger partial charge in [0.25, 0.3) is 0 Å². The van der Waals surface area contributed by atoms with Gasteiger partial charge in [0.2, 0.25) is 10.0 Å². The van der Waals surface area contributed by atoms with Crippen molar-refractivity contribution in [2.45, 2.75) is 13.0 Å². The molecule has 2 rings (SSSR count). The van der Waals surface area contributed by atoms with Crippen LogP contribution >= 0.6 is 11.6 Å². The predicted molar refractivity (Wildman–Crippen MR) is 104 cm³/mol. The first-order valence-electron chi connectivity index (χ1n) is 8.26. The van der Waals surface area contributed by atoms with Crippen molar-refractivity contribution in [2.24, 2.45) is 0 Å². The minimum atomic E-state index is -3.43. The molecule has 2 aromatic carbocycles. The standard InChI is InChI=1S/C19H22ClNO5S/c1-25-19(22)12-15-5-3-6-16(11-15)14-21(27(2,23)24)9-10-26-18-8-4-7-17(20)13-18/h3-8,11,13H,9-10,12,14H2,1-2H3. The lowest BCUT2D eigenvalue weighted by Gasteiger charge is -2.20. The van der Waals surface area contributed by atoms with Crippen LogP contribution in [0.2, 0.25) is 5.02 Å². The van der Waals surface area contributed by atoms with Crippen LogP contribution < -0.4 is 4.74 Å². The third-order valence-corrected chi connectivity index (χ3v) is 5.29. The van der Waals surface area contributed by atoms with E-state index in [2.05, 4.69) is 4.74 Å². The van der Waals surface area contributed by atoms with Gasteiger partial charge < -0.3 is 9.47 Å². The second-order valence-electron chi connectivity index (χ2n) is 5.98. The van der Waals surface area contributed by atoms with Crippen LogP contribution in [0.4, 0.5) is 0 Å². The zero-order valence-electron chi connectivity index (χ0n) is 15.2. The van der Waals surface area contributed by atoms with Crippen molar-refractivity contribution in [1.82, 2.24) is 4.31 Å². The monoisotopic (exact) mass is 411 g/mol. The highest BCUT2D eigenvalue weighted by molar-refractivity contribution is 7.88. The minimum absolute atomic E-state index is 0.140. The number of methoxy groups -OCH3 is 1. The fourth-order valence-electron chi connectivity index (χ4n) is 2.46. The summed E-state index contributed by atoms with van der Waals surface area (Å²) in [5.41, 5.74) is 1.55. The number of sulfonamides is 1. The maximum atomic E-state index is 12.1. The number of carbonyl (C=O) groups is 1. The molecule has 8 heteroatoms. The summed E-state index contributed by atoms with van der Waals surface area (Å²) in [6, 6.07) is 14.1. The number of halogens is 1. The van der Waals surface area contributed by atoms with Gasteiger partial charge in [-0.25, -0.2) is 8.42 Å². The number of carbonyl (C=O) groups excluding carboxylic acids is 1. The molecule has 2 aromatic rings. The highest BCUT2D eigenvalue weighted by Gasteiger charge is 2.17. The Hall–Kier alpha value is -2.09. The zero-order valence-corrected chi connectivity index (χ0v) is 16.8. The maximum absolute atomic E-state index is 12.1. The SMILES string of the molecule is COC(=O)Cc1cccc(CN(CCOc2cccc(Cl)c2)S(C)(=O)=O)c1. The molecular formula is C19H22ClNO5S. The van der Waals surface area contributed by atoms with Crippen molar-refractivity contribution in [3.05, 3.63) is 64.7 Å². The van der Waals surface area contributed by atoms with Gasteiger partial charge in [0.1, 0.15) is 12.4 Å². The Balaban J connectivity index is 2.02. The molecule has 0 aliphatic rings. The largest absolute Gasteiger partial charge is 0.492 e. The Morgan fingerprint density at radius 2 is 1.81 bits per heavy atom. The van der Waals surface area contributed by atoms with Crippen LogP contribution in [0, 0.1) is 0 Å². The number of hydrogen-bond acceptors (Lipinski definition) is 5. The van der Waals surface area contributed by atoms with Crippen LogP contribution in [0.25, 0.3) is 0 Å². The van der Waals surface area contributed by atoms with Crippen LogP contribution in [0.5, 0.6) is 5.75 Å². The van der Waals surface area contributed by atoms with Crippen molar-refractivity contribution in [3.8, 4) is 5.75 Å². The van der Waals surface area contributed by atoms with Crippen molar-refractivity contribution >= 4 is 27.6 Å². The van der Waals surface area contributed by atoms with Gasteiger partial charge >= 0.3 is 5.97 Å². The van der Waals surface area contributed by atoms with E-state index in [1.807, 2.05) is 6.07 Å². The van der Waals surface area contributed by atoms with Crippen LogP contribution in [-0.2, 0) is 32.5 Å². The van der Waals surface area contributed by atoms with E-state index in [-0.39, 0.29) is 32.1 Å². The van der Waals surface area contributed by atoms with Crippen LogP contribution in [-0.4, -0.2) is 45.2 Å². The Morgan fingerprint density at radius 3 is 2.48 bits per heavy atom. The summed E-state index contributed by atoms with van der Waals surface area (Å²) >= 11 is 5.91. The van der Waals surface area contributed by atoms with E-state index in [4.69, 9.17) is 16.3 Å². The average Bonchev–Trinajstić information content (AvgIpc) is 2.60. The van der Waals surface area contributed by atoms with Gasteiger partial charge in [-0.3, -0.25) is 4.79 Å². The first-order chi connectivity index (χ1) is 12.8. The Labute approximate surface area is 164 Å². The molecule has 6 nitrogen and oxygen atoms in total. The van der Waals surface area contributed by atoms with Gasteiger partial charge in [-0.15, -0.1) is 0 Å². The lowest BCUT2D eigenvalue weighted by atomic mass is 10.1.